The summed E-state index contributed by atoms with van der Waals surface area (Å²) in [5.41, 5.74) is -1.30. The molecule has 0 saturated carbocycles. The molecular formula is C13H12ClF3N2O2. The highest BCUT2D eigenvalue weighted by Gasteiger charge is 2.31. The number of halogens is 4. The molecule has 0 aliphatic heterocycles. The zero-order valence-electron chi connectivity index (χ0n) is 10.8. The Hall–Kier alpha value is -2.02. The Morgan fingerprint density at radius 1 is 1.24 bits per heavy atom. The molecule has 0 heterocycles. The molecule has 1 rings (SSSR count). The first kappa shape index (κ1) is 17.0. The van der Waals surface area contributed by atoms with E-state index in [4.69, 9.17) is 11.6 Å². The van der Waals surface area contributed by atoms with Crippen molar-refractivity contribution in [1.82, 2.24) is 10.6 Å². The maximum atomic E-state index is 12.6. The van der Waals surface area contributed by atoms with E-state index in [2.05, 4.69) is 17.2 Å². The third-order valence-electron chi connectivity index (χ3n) is 2.34. The van der Waals surface area contributed by atoms with E-state index in [1.165, 1.54) is 6.08 Å². The van der Waals surface area contributed by atoms with Gasteiger partial charge < -0.3 is 10.6 Å². The summed E-state index contributed by atoms with van der Waals surface area (Å²) in [5.74, 6) is -1.31. The molecule has 2 amide bonds. The van der Waals surface area contributed by atoms with Crippen LogP contribution < -0.4 is 10.6 Å². The Labute approximate surface area is 124 Å². The van der Waals surface area contributed by atoms with Crippen LogP contribution in [0.15, 0.2) is 30.9 Å². The Kier molecular flexibility index (Phi) is 5.78. The average molecular weight is 321 g/mol. The van der Waals surface area contributed by atoms with Crippen LogP contribution in [-0.4, -0.2) is 24.9 Å². The van der Waals surface area contributed by atoms with Crippen molar-refractivity contribution < 1.29 is 22.8 Å². The lowest BCUT2D eigenvalue weighted by molar-refractivity contribution is -0.137. The first-order chi connectivity index (χ1) is 9.74. The van der Waals surface area contributed by atoms with Crippen molar-refractivity contribution in [3.63, 3.8) is 0 Å². The molecule has 0 unspecified atom stereocenters. The van der Waals surface area contributed by atoms with Crippen LogP contribution in [0.25, 0.3) is 0 Å². The molecule has 4 nitrogen and oxygen atoms in total. The van der Waals surface area contributed by atoms with E-state index in [-0.39, 0.29) is 23.7 Å². The van der Waals surface area contributed by atoms with Gasteiger partial charge in [-0.05, 0) is 18.2 Å². The highest BCUT2D eigenvalue weighted by molar-refractivity contribution is 6.31. The second kappa shape index (κ2) is 7.12. The minimum Gasteiger partial charge on any atom is -0.351 e. The summed E-state index contributed by atoms with van der Waals surface area (Å²) in [5, 5.41) is 4.39. The molecule has 0 aliphatic rings. The normalized spacial score (nSPS) is 10.9. The van der Waals surface area contributed by atoms with Crippen LogP contribution in [0.2, 0.25) is 5.02 Å². The van der Waals surface area contributed by atoms with E-state index < -0.39 is 23.6 Å². The third-order valence-corrected chi connectivity index (χ3v) is 2.56. The van der Waals surface area contributed by atoms with Crippen molar-refractivity contribution in [3.8, 4) is 0 Å². The van der Waals surface area contributed by atoms with Gasteiger partial charge in [-0.3, -0.25) is 9.59 Å². The number of rotatable bonds is 5. The van der Waals surface area contributed by atoms with Crippen LogP contribution in [0.5, 0.6) is 0 Å². The minimum absolute atomic E-state index is 0.217. The van der Waals surface area contributed by atoms with Crippen LogP contribution in [0.4, 0.5) is 13.2 Å². The molecule has 8 heteroatoms. The Bertz CT molecular complexity index is 559. The number of alkyl halides is 3. The number of hydrogen-bond donors (Lipinski definition) is 2. The fourth-order valence-electron chi connectivity index (χ4n) is 1.40. The number of benzene rings is 1. The lowest BCUT2D eigenvalue weighted by Crippen LogP contribution is -2.37. The van der Waals surface area contributed by atoms with Crippen LogP contribution >= 0.6 is 11.6 Å². The van der Waals surface area contributed by atoms with Gasteiger partial charge in [-0.2, -0.15) is 13.2 Å². The van der Waals surface area contributed by atoms with Gasteiger partial charge in [-0.1, -0.05) is 17.7 Å². The van der Waals surface area contributed by atoms with E-state index in [1.807, 2.05) is 0 Å². The first-order valence-electron chi connectivity index (χ1n) is 5.77. The van der Waals surface area contributed by atoms with Gasteiger partial charge in [0.05, 0.1) is 12.1 Å². The van der Waals surface area contributed by atoms with E-state index in [0.29, 0.717) is 6.07 Å². The number of carbonyl (C=O) groups is 2. The van der Waals surface area contributed by atoms with E-state index in [1.54, 1.807) is 0 Å². The lowest BCUT2D eigenvalue weighted by Gasteiger charge is -2.10. The van der Waals surface area contributed by atoms with Crippen molar-refractivity contribution in [2.75, 3.05) is 13.1 Å². The van der Waals surface area contributed by atoms with Gasteiger partial charge in [0.2, 0.25) is 5.91 Å². The van der Waals surface area contributed by atoms with Gasteiger partial charge in [0, 0.05) is 17.1 Å². The van der Waals surface area contributed by atoms with Crippen LogP contribution in [0.3, 0.4) is 0 Å². The summed E-state index contributed by atoms with van der Waals surface area (Å²) in [4.78, 5) is 23.0. The van der Waals surface area contributed by atoms with Crippen molar-refractivity contribution in [1.29, 1.82) is 0 Å². The van der Waals surface area contributed by atoms with Gasteiger partial charge in [0.25, 0.3) is 5.91 Å². The molecule has 0 bridgehead atoms. The summed E-state index contributed by atoms with van der Waals surface area (Å²) in [7, 11) is 0. The van der Waals surface area contributed by atoms with E-state index >= 15 is 0 Å². The summed E-state index contributed by atoms with van der Waals surface area (Å²) < 4.78 is 37.8. The minimum atomic E-state index is -4.61. The molecule has 0 aliphatic carbocycles. The van der Waals surface area contributed by atoms with Crippen molar-refractivity contribution in [2.24, 2.45) is 0 Å². The maximum Gasteiger partial charge on any atom is 0.416 e. The van der Waals surface area contributed by atoms with E-state index in [0.717, 1.165) is 12.1 Å². The Morgan fingerprint density at radius 2 is 1.90 bits per heavy atom. The summed E-state index contributed by atoms with van der Waals surface area (Å²) in [6.45, 7) is 3.26. The Balaban J connectivity index is 2.77. The average Bonchev–Trinajstić information content (AvgIpc) is 2.40. The third kappa shape index (κ3) is 5.47. The summed E-state index contributed by atoms with van der Waals surface area (Å²) >= 11 is 5.56. The predicted octanol–water partition coefficient (Wildman–Crippen LogP) is 2.39. The quantitative estimate of drug-likeness (QED) is 0.818. The SMILES string of the molecule is C=CCNC(=O)CNC(=O)c1cc(Cl)cc(C(F)(F)F)c1. The molecule has 1 aromatic carbocycles. The molecule has 0 spiro atoms. The fourth-order valence-corrected chi connectivity index (χ4v) is 1.63. The van der Waals surface area contributed by atoms with E-state index in [9.17, 15) is 22.8 Å². The lowest BCUT2D eigenvalue weighted by atomic mass is 10.1. The number of carbonyl (C=O) groups excluding carboxylic acids is 2. The van der Waals surface area contributed by atoms with Crippen molar-refractivity contribution >= 4 is 23.4 Å². The van der Waals surface area contributed by atoms with Gasteiger partial charge in [0.1, 0.15) is 0 Å². The molecule has 0 atom stereocenters. The van der Waals surface area contributed by atoms with Crippen molar-refractivity contribution in [3.05, 3.63) is 47.0 Å². The molecule has 0 saturated heterocycles. The summed E-state index contributed by atoms with van der Waals surface area (Å²) in [6.07, 6.45) is -3.16. The molecule has 114 valence electrons. The highest BCUT2D eigenvalue weighted by Crippen LogP contribution is 2.31. The topological polar surface area (TPSA) is 58.2 Å². The van der Waals surface area contributed by atoms with Crippen molar-refractivity contribution in [2.45, 2.75) is 6.18 Å². The van der Waals surface area contributed by atoms with Crippen LogP contribution in [0.1, 0.15) is 15.9 Å². The molecule has 1 aromatic rings. The molecule has 21 heavy (non-hydrogen) atoms. The second-order valence-electron chi connectivity index (χ2n) is 4.00. The zero-order valence-corrected chi connectivity index (χ0v) is 11.5. The second-order valence-corrected chi connectivity index (χ2v) is 4.44. The maximum absolute atomic E-state index is 12.6. The molecular weight excluding hydrogens is 309 g/mol. The smallest absolute Gasteiger partial charge is 0.351 e. The highest BCUT2D eigenvalue weighted by atomic mass is 35.5. The van der Waals surface area contributed by atoms with Gasteiger partial charge in [-0.15, -0.1) is 6.58 Å². The van der Waals surface area contributed by atoms with Crippen LogP contribution in [-0.2, 0) is 11.0 Å². The van der Waals surface area contributed by atoms with Gasteiger partial charge in [-0.25, -0.2) is 0 Å². The number of nitrogens with one attached hydrogen (secondary N) is 2. The largest absolute Gasteiger partial charge is 0.416 e. The first-order valence-corrected chi connectivity index (χ1v) is 6.15. The molecule has 0 fully saturated rings. The summed E-state index contributed by atoms with van der Waals surface area (Å²) in [6, 6.07) is 2.48. The van der Waals surface area contributed by atoms with Gasteiger partial charge in [0.15, 0.2) is 0 Å². The van der Waals surface area contributed by atoms with Crippen LogP contribution in [0, 0.1) is 0 Å². The Morgan fingerprint density at radius 3 is 2.48 bits per heavy atom. The zero-order chi connectivity index (χ0) is 16.0. The molecule has 0 aromatic heterocycles. The fraction of sp³-hybridized carbons (Fsp3) is 0.231. The number of hydrogen-bond acceptors (Lipinski definition) is 2. The predicted molar refractivity (Wildman–Crippen MR) is 72.0 cm³/mol. The number of amides is 2. The molecule has 2 N–H and O–H groups in total. The monoisotopic (exact) mass is 320 g/mol. The molecule has 0 radical (unpaired) electrons. The standard InChI is InChI=1S/C13H12ClF3N2O2/c1-2-3-18-11(20)7-19-12(21)8-4-9(13(15,16)17)6-10(14)5-8/h2,4-6H,1,3,7H2,(H,18,20)(H,19,21). The van der Waals surface area contributed by atoms with Gasteiger partial charge >= 0.3 is 6.18 Å².